The number of nitrogens with zero attached hydrogens (tertiary/aromatic N) is 3. The van der Waals surface area contributed by atoms with Gasteiger partial charge in [0.1, 0.15) is 16.5 Å². The number of hydrogen-bond donors (Lipinski definition) is 2. The van der Waals surface area contributed by atoms with Gasteiger partial charge in [0.25, 0.3) is 0 Å². The summed E-state index contributed by atoms with van der Waals surface area (Å²) in [6, 6.07) is 7.99. The first kappa shape index (κ1) is 20.2. The van der Waals surface area contributed by atoms with E-state index in [0.29, 0.717) is 13.1 Å². The number of rotatable bonds is 6. The molecule has 154 valence electrons. The van der Waals surface area contributed by atoms with Crippen molar-refractivity contribution < 1.29 is 9.84 Å². The van der Waals surface area contributed by atoms with Gasteiger partial charge in [-0.15, -0.1) is 11.3 Å². The van der Waals surface area contributed by atoms with Crippen LogP contribution < -0.4 is 5.32 Å². The number of aryl methyl sites for hydroxylation is 3. The third-order valence-corrected chi connectivity index (χ3v) is 6.53. The number of benzene rings is 1. The van der Waals surface area contributed by atoms with E-state index in [2.05, 4.69) is 24.1 Å². The molecule has 0 spiro atoms. The van der Waals surface area contributed by atoms with E-state index >= 15 is 0 Å². The predicted octanol–water partition coefficient (Wildman–Crippen LogP) is 3.59. The van der Waals surface area contributed by atoms with Crippen molar-refractivity contribution in [1.29, 1.82) is 0 Å². The number of nitrogens with one attached hydrogen (secondary N) is 1. The summed E-state index contributed by atoms with van der Waals surface area (Å²) in [4.78, 5) is 14.3. The summed E-state index contributed by atoms with van der Waals surface area (Å²) < 4.78 is 5.45. The second kappa shape index (κ2) is 8.75. The molecule has 0 aliphatic carbocycles. The van der Waals surface area contributed by atoms with Gasteiger partial charge in [0.2, 0.25) is 0 Å². The third-order valence-electron chi connectivity index (χ3n) is 5.43. The fourth-order valence-corrected chi connectivity index (χ4v) is 4.69. The van der Waals surface area contributed by atoms with Crippen molar-refractivity contribution in [3.63, 3.8) is 0 Å². The first-order valence-corrected chi connectivity index (χ1v) is 10.9. The molecule has 1 aliphatic heterocycles. The summed E-state index contributed by atoms with van der Waals surface area (Å²) >= 11 is 1.70. The number of ether oxygens (including phenoxy) is 1. The summed E-state index contributed by atoms with van der Waals surface area (Å²) in [5.74, 6) is 1.63. The first-order valence-electron chi connectivity index (χ1n) is 10.1. The van der Waals surface area contributed by atoms with Crippen LogP contribution in [0.25, 0.3) is 10.2 Å². The lowest BCUT2D eigenvalue weighted by molar-refractivity contribution is 0.0331. The van der Waals surface area contributed by atoms with Crippen LogP contribution in [0.5, 0.6) is 0 Å². The Labute approximate surface area is 175 Å². The number of anilines is 1. The summed E-state index contributed by atoms with van der Waals surface area (Å²) in [6.45, 7) is 10.7. The molecule has 1 aromatic carbocycles. The van der Waals surface area contributed by atoms with Crippen LogP contribution in [0.4, 0.5) is 5.82 Å². The molecule has 1 saturated heterocycles. The van der Waals surface area contributed by atoms with E-state index in [1.165, 1.54) is 10.4 Å². The zero-order chi connectivity index (χ0) is 20.4. The van der Waals surface area contributed by atoms with Crippen LogP contribution in [0, 0.1) is 20.8 Å². The number of hydrogen-bond acceptors (Lipinski definition) is 7. The van der Waals surface area contributed by atoms with Crippen molar-refractivity contribution in [2.45, 2.75) is 33.4 Å². The predicted molar refractivity (Wildman–Crippen MR) is 118 cm³/mol. The van der Waals surface area contributed by atoms with E-state index in [1.54, 1.807) is 11.3 Å². The Morgan fingerprint density at radius 2 is 2.00 bits per heavy atom. The smallest absolute Gasteiger partial charge is 0.146 e. The van der Waals surface area contributed by atoms with Crippen LogP contribution in [0.2, 0.25) is 0 Å². The van der Waals surface area contributed by atoms with Gasteiger partial charge in [-0.2, -0.15) is 0 Å². The summed E-state index contributed by atoms with van der Waals surface area (Å²) in [7, 11) is 0. The maximum Gasteiger partial charge on any atom is 0.146 e. The molecule has 6 nitrogen and oxygen atoms in total. The zero-order valence-corrected chi connectivity index (χ0v) is 18.1. The Morgan fingerprint density at radius 3 is 2.76 bits per heavy atom. The molecule has 7 heteroatoms. The second-order valence-corrected chi connectivity index (χ2v) is 8.85. The highest BCUT2D eigenvalue weighted by Crippen LogP contribution is 2.33. The van der Waals surface area contributed by atoms with E-state index in [0.717, 1.165) is 59.3 Å². The van der Waals surface area contributed by atoms with E-state index < -0.39 is 6.10 Å². The zero-order valence-electron chi connectivity index (χ0n) is 17.2. The number of thiophene rings is 1. The van der Waals surface area contributed by atoms with Crippen molar-refractivity contribution in [2.24, 2.45) is 0 Å². The number of aromatic nitrogens is 2. The molecule has 2 aromatic heterocycles. The molecule has 0 bridgehead atoms. The van der Waals surface area contributed by atoms with Crippen molar-refractivity contribution >= 4 is 27.4 Å². The molecule has 1 unspecified atom stereocenters. The Bertz CT molecular complexity index is 998. The molecular formula is C22H28N4O2S. The maximum absolute atomic E-state index is 10.7. The highest BCUT2D eigenvalue weighted by atomic mass is 32.1. The minimum absolute atomic E-state index is 0.404. The van der Waals surface area contributed by atoms with Gasteiger partial charge in [0.05, 0.1) is 31.2 Å². The Balaban J connectivity index is 1.59. The van der Waals surface area contributed by atoms with Crippen molar-refractivity contribution in [3.8, 4) is 0 Å². The topological polar surface area (TPSA) is 70.5 Å². The maximum atomic E-state index is 10.7. The van der Waals surface area contributed by atoms with Gasteiger partial charge >= 0.3 is 0 Å². The summed E-state index contributed by atoms with van der Waals surface area (Å²) in [5, 5.41) is 15.1. The van der Waals surface area contributed by atoms with Crippen LogP contribution in [0.15, 0.2) is 24.3 Å². The number of fused-ring (bicyclic) bond motifs is 1. The van der Waals surface area contributed by atoms with Crippen LogP contribution in [0.3, 0.4) is 0 Å². The van der Waals surface area contributed by atoms with Gasteiger partial charge in [-0.25, -0.2) is 9.97 Å². The average Bonchev–Trinajstić information content (AvgIpc) is 3.00. The standard InChI is InChI=1S/C22H28N4O2S/c1-14-5-4-6-17(11-14)18(27)12-23-21-20-15(2)16(3)29-22(20)25-19(24-21)13-26-7-9-28-10-8-26/h4-6,11,18,27H,7-10,12-13H2,1-3H3,(H,23,24,25). The molecule has 3 aromatic rings. The fourth-order valence-electron chi connectivity index (χ4n) is 3.64. The lowest BCUT2D eigenvalue weighted by Crippen LogP contribution is -2.36. The quantitative estimate of drug-likeness (QED) is 0.645. The van der Waals surface area contributed by atoms with Gasteiger partial charge in [-0.05, 0) is 31.9 Å². The Morgan fingerprint density at radius 1 is 1.21 bits per heavy atom. The van der Waals surface area contributed by atoms with Crippen LogP contribution in [-0.4, -0.2) is 52.8 Å². The largest absolute Gasteiger partial charge is 0.387 e. The molecule has 1 fully saturated rings. The van der Waals surface area contributed by atoms with Crippen LogP contribution >= 0.6 is 11.3 Å². The highest BCUT2D eigenvalue weighted by Gasteiger charge is 2.18. The number of aliphatic hydroxyl groups is 1. The van der Waals surface area contributed by atoms with Gasteiger partial charge in [0, 0.05) is 24.5 Å². The molecule has 0 radical (unpaired) electrons. The van der Waals surface area contributed by atoms with Gasteiger partial charge in [-0.1, -0.05) is 29.8 Å². The summed E-state index contributed by atoms with van der Waals surface area (Å²) in [6.07, 6.45) is -0.595. The van der Waals surface area contributed by atoms with Crippen molar-refractivity contribution in [2.75, 3.05) is 38.2 Å². The highest BCUT2D eigenvalue weighted by molar-refractivity contribution is 7.18. The Kier molecular flexibility index (Phi) is 6.10. The minimum atomic E-state index is -0.595. The molecule has 3 heterocycles. The van der Waals surface area contributed by atoms with Crippen LogP contribution in [-0.2, 0) is 11.3 Å². The van der Waals surface area contributed by atoms with Crippen LogP contribution in [0.1, 0.15) is 33.5 Å². The van der Waals surface area contributed by atoms with Crippen molar-refractivity contribution in [3.05, 3.63) is 51.7 Å². The first-order chi connectivity index (χ1) is 14.0. The van der Waals surface area contributed by atoms with E-state index in [4.69, 9.17) is 14.7 Å². The fraction of sp³-hybridized carbons (Fsp3) is 0.455. The average molecular weight is 413 g/mol. The van der Waals surface area contributed by atoms with Gasteiger partial charge in [0.15, 0.2) is 0 Å². The molecule has 2 N–H and O–H groups in total. The number of aliphatic hydroxyl groups excluding tert-OH is 1. The monoisotopic (exact) mass is 412 g/mol. The molecule has 29 heavy (non-hydrogen) atoms. The lowest BCUT2D eigenvalue weighted by atomic mass is 10.1. The normalized spacial score (nSPS) is 16.3. The molecular weight excluding hydrogens is 384 g/mol. The third kappa shape index (κ3) is 4.59. The number of morpholine rings is 1. The molecule has 4 rings (SSSR count). The lowest BCUT2D eigenvalue weighted by Gasteiger charge is -2.26. The second-order valence-electron chi connectivity index (χ2n) is 7.65. The van der Waals surface area contributed by atoms with Crippen molar-refractivity contribution in [1.82, 2.24) is 14.9 Å². The van der Waals surface area contributed by atoms with E-state index in [-0.39, 0.29) is 0 Å². The van der Waals surface area contributed by atoms with Gasteiger partial charge < -0.3 is 15.2 Å². The van der Waals surface area contributed by atoms with Gasteiger partial charge in [-0.3, -0.25) is 4.90 Å². The molecule has 0 saturated carbocycles. The SMILES string of the molecule is Cc1cccc(C(O)CNc2nc(CN3CCOCC3)nc3sc(C)c(C)c23)c1. The summed E-state index contributed by atoms with van der Waals surface area (Å²) in [5.41, 5.74) is 3.26. The molecule has 1 aliphatic rings. The minimum Gasteiger partial charge on any atom is -0.387 e. The molecule has 1 atom stereocenters. The Hall–Kier alpha value is -2.06. The van der Waals surface area contributed by atoms with E-state index in [9.17, 15) is 5.11 Å². The van der Waals surface area contributed by atoms with E-state index in [1.807, 2.05) is 31.2 Å². The molecule has 0 amide bonds.